The van der Waals surface area contributed by atoms with E-state index in [0.29, 0.717) is 12.2 Å². The molecule has 0 fully saturated rings. The molecule has 1 rings (SSSR count). The second-order valence-electron chi connectivity index (χ2n) is 4.79. The van der Waals surface area contributed by atoms with Crippen LogP contribution in [0.3, 0.4) is 0 Å². The van der Waals surface area contributed by atoms with Gasteiger partial charge in [0.15, 0.2) is 6.61 Å². The first kappa shape index (κ1) is 18.3. The molecule has 0 heterocycles. The number of hydrogen-bond acceptors (Lipinski definition) is 6. The van der Waals surface area contributed by atoms with E-state index < -0.39 is 24.5 Å². The number of rotatable bonds is 6. The van der Waals surface area contributed by atoms with Gasteiger partial charge in [-0.2, -0.15) is 0 Å². The minimum atomic E-state index is -0.886. The molecular weight excluding hydrogens is 304 g/mol. The average molecular weight is 324 g/mol. The van der Waals surface area contributed by atoms with E-state index in [0.717, 1.165) is 0 Å². The van der Waals surface area contributed by atoms with Crippen molar-refractivity contribution in [3.8, 4) is 11.5 Å². The molecule has 8 heteroatoms. The highest BCUT2D eigenvalue weighted by Crippen LogP contribution is 2.23. The van der Waals surface area contributed by atoms with E-state index in [4.69, 9.17) is 9.47 Å². The fourth-order valence-electron chi connectivity index (χ4n) is 1.54. The van der Waals surface area contributed by atoms with Crippen molar-refractivity contribution in [1.82, 2.24) is 10.6 Å². The number of imide groups is 1. The fraction of sp³-hybridized carbons (Fsp3) is 0.400. The standard InChI is InChI=1S/C15H20N2O6/c1-4-9(2)16-15(21)17-13(19)8-23-14(20)11-6-5-10(22-3)7-12(11)18/h5-7,9,18H,4,8H2,1-3H3,(H2,16,17,19,21)/t9-/m1/s1. The summed E-state index contributed by atoms with van der Waals surface area (Å²) in [5, 5.41) is 14.3. The molecular formula is C15H20N2O6. The highest BCUT2D eigenvalue weighted by Gasteiger charge is 2.16. The molecule has 3 amide bonds. The van der Waals surface area contributed by atoms with Gasteiger partial charge in [0, 0.05) is 12.1 Å². The van der Waals surface area contributed by atoms with E-state index in [1.165, 1.54) is 25.3 Å². The molecule has 1 aromatic rings. The van der Waals surface area contributed by atoms with Crippen LogP contribution in [0.4, 0.5) is 4.79 Å². The maximum atomic E-state index is 11.8. The molecule has 0 aliphatic carbocycles. The number of methoxy groups -OCH3 is 1. The minimum absolute atomic E-state index is 0.0819. The Kier molecular flexibility index (Phi) is 6.85. The van der Waals surface area contributed by atoms with Crippen LogP contribution in [0.5, 0.6) is 11.5 Å². The normalized spacial score (nSPS) is 11.3. The van der Waals surface area contributed by atoms with E-state index in [2.05, 4.69) is 5.32 Å². The van der Waals surface area contributed by atoms with Gasteiger partial charge in [0.2, 0.25) is 0 Å². The van der Waals surface area contributed by atoms with E-state index in [-0.39, 0.29) is 17.4 Å². The lowest BCUT2D eigenvalue weighted by Crippen LogP contribution is -2.44. The molecule has 0 aromatic heterocycles. The minimum Gasteiger partial charge on any atom is -0.507 e. The molecule has 23 heavy (non-hydrogen) atoms. The lowest BCUT2D eigenvalue weighted by Gasteiger charge is -2.12. The Bertz CT molecular complexity index is 587. The lowest BCUT2D eigenvalue weighted by molar-refractivity contribution is -0.123. The quantitative estimate of drug-likeness (QED) is 0.677. The van der Waals surface area contributed by atoms with Gasteiger partial charge in [-0.05, 0) is 25.5 Å². The highest BCUT2D eigenvalue weighted by molar-refractivity contribution is 5.97. The zero-order chi connectivity index (χ0) is 17.4. The van der Waals surface area contributed by atoms with Gasteiger partial charge in [-0.25, -0.2) is 9.59 Å². The third kappa shape index (κ3) is 5.85. The molecule has 126 valence electrons. The monoisotopic (exact) mass is 324 g/mol. The third-order valence-electron chi connectivity index (χ3n) is 3.00. The Morgan fingerprint density at radius 1 is 1.30 bits per heavy atom. The molecule has 0 aliphatic heterocycles. The summed E-state index contributed by atoms with van der Waals surface area (Å²) in [5.41, 5.74) is -0.109. The molecule has 0 unspecified atom stereocenters. The van der Waals surface area contributed by atoms with Gasteiger partial charge in [0.05, 0.1) is 7.11 Å². The van der Waals surface area contributed by atoms with Crippen LogP contribution in [0.15, 0.2) is 18.2 Å². The number of carbonyl (C=O) groups excluding carboxylic acids is 3. The van der Waals surface area contributed by atoms with Gasteiger partial charge in [-0.15, -0.1) is 0 Å². The molecule has 1 atom stereocenters. The Labute approximate surface area is 133 Å². The molecule has 0 spiro atoms. The summed E-state index contributed by atoms with van der Waals surface area (Å²) in [6.45, 7) is 3.03. The number of ether oxygens (including phenoxy) is 2. The van der Waals surface area contributed by atoms with Crippen LogP contribution in [0.25, 0.3) is 0 Å². The third-order valence-corrected chi connectivity index (χ3v) is 3.00. The van der Waals surface area contributed by atoms with Gasteiger partial charge in [-0.1, -0.05) is 6.92 Å². The second-order valence-corrected chi connectivity index (χ2v) is 4.79. The van der Waals surface area contributed by atoms with Crippen molar-refractivity contribution in [2.45, 2.75) is 26.3 Å². The maximum Gasteiger partial charge on any atom is 0.342 e. The van der Waals surface area contributed by atoms with Crippen molar-refractivity contribution in [3.63, 3.8) is 0 Å². The average Bonchev–Trinajstić information content (AvgIpc) is 2.51. The first-order valence-corrected chi connectivity index (χ1v) is 7.01. The summed E-state index contributed by atoms with van der Waals surface area (Å²) in [5.74, 6) is -1.61. The van der Waals surface area contributed by atoms with Crippen molar-refractivity contribution < 1.29 is 29.0 Å². The summed E-state index contributed by atoms with van der Waals surface area (Å²) in [6, 6.07) is 3.28. The first-order valence-electron chi connectivity index (χ1n) is 7.01. The molecule has 1 aromatic carbocycles. The highest BCUT2D eigenvalue weighted by atomic mass is 16.5. The molecule has 0 saturated carbocycles. The number of benzene rings is 1. The maximum absolute atomic E-state index is 11.8. The molecule has 0 radical (unpaired) electrons. The number of nitrogens with one attached hydrogen (secondary N) is 2. The zero-order valence-electron chi connectivity index (χ0n) is 13.2. The number of aromatic hydroxyl groups is 1. The van der Waals surface area contributed by atoms with Gasteiger partial charge in [0.1, 0.15) is 17.1 Å². The molecule has 3 N–H and O–H groups in total. The van der Waals surface area contributed by atoms with Crippen LogP contribution in [0.2, 0.25) is 0 Å². The van der Waals surface area contributed by atoms with Crippen molar-refractivity contribution >= 4 is 17.9 Å². The van der Waals surface area contributed by atoms with Gasteiger partial charge in [0.25, 0.3) is 5.91 Å². The Balaban J connectivity index is 2.49. The van der Waals surface area contributed by atoms with Gasteiger partial charge < -0.3 is 19.9 Å². The lowest BCUT2D eigenvalue weighted by atomic mass is 10.2. The predicted octanol–water partition coefficient (Wildman–Crippen LogP) is 1.18. The molecule has 8 nitrogen and oxygen atoms in total. The SMILES string of the molecule is CC[C@@H](C)NC(=O)NC(=O)COC(=O)c1ccc(OC)cc1O. The van der Waals surface area contributed by atoms with E-state index >= 15 is 0 Å². The van der Waals surface area contributed by atoms with Crippen LogP contribution in [0, 0.1) is 0 Å². The number of amides is 3. The van der Waals surface area contributed by atoms with Crippen molar-refractivity contribution in [2.24, 2.45) is 0 Å². The second kappa shape index (κ2) is 8.62. The summed E-state index contributed by atoms with van der Waals surface area (Å²) in [4.78, 5) is 34.7. The number of hydrogen-bond donors (Lipinski definition) is 3. The predicted molar refractivity (Wildman–Crippen MR) is 81.4 cm³/mol. The first-order chi connectivity index (χ1) is 10.9. The van der Waals surface area contributed by atoms with Crippen molar-refractivity contribution in [1.29, 1.82) is 0 Å². The Morgan fingerprint density at radius 3 is 2.57 bits per heavy atom. The van der Waals surface area contributed by atoms with Crippen LogP contribution < -0.4 is 15.4 Å². The summed E-state index contributed by atoms with van der Waals surface area (Å²) in [6.07, 6.45) is 0.716. The Hall–Kier alpha value is -2.77. The van der Waals surface area contributed by atoms with E-state index in [9.17, 15) is 19.5 Å². The van der Waals surface area contributed by atoms with E-state index in [1.54, 1.807) is 6.92 Å². The number of phenolic OH excluding ortho intramolecular Hbond substituents is 1. The smallest absolute Gasteiger partial charge is 0.342 e. The zero-order valence-corrected chi connectivity index (χ0v) is 13.2. The van der Waals surface area contributed by atoms with Crippen LogP contribution in [-0.2, 0) is 9.53 Å². The summed E-state index contributed by atoms with van der Waals surface area (Å²) >= 11 is 0. The van der Waals surface area contributed by atoms with Crippen molar-refractivity contribution in [3.05, 3.63) is 23.8 Å². The summed E-state index contributed by atoms with van der Waals surface area (Å²) in [7, 11) is 1.42. The topological polar surface area (TPSA) is 114 Å². The van der Waals surface area contributed by atoms with Crippen LogP contribution >= 0.6 is 0 Å². The molecule has 0 aliphatic rings. The number of esters is 1. The number of phenols is 1. The number of urea groups is 1. The van der Waals surface area contributed by atoms with E-state index in [1.807, 2.05) is 12.2 Å². The van der Waals surface area contributed by atoms with Crippen LogP contribution in [0.1, 0.15) is 30.6 Å². The summed E-state index contributed by atoms with van der Waals surface area (Å²) < 4.78 is 9.64. The largest absolute Gasteiger partial charge is 0.507 e. The van der Waals surface area contributed by atoms with Gasteiger partial charge >= 0.3 is 12.0 Å². The molecule has 0 saturated heterocycles. The van der Waals surface area contributed by atoms with Gasteiger partial charge in [-0.3, -0.25) is 10.1 Å². The number of carbonyl (C=O) groups is 3. The van der Waals surface area contributed by atoms with Crippen LogP contribution in [-0.4, -0.2) is 42.8 Å². The Morgan fingerprint density at radius 2 is 2.00 bits per heavy atom. The molecule has 0 bridgehead atoms. The fourth-order valence-corrected chi connectivity index (χ4v) is 1.54. The van der Waals surface area contributed by atoms with Crippen molar-refractivity contribution in [2.75, 3.05) is 13.7 Å².